The zero-order valence-electron chi connectivity index (χ0n) is 21.1. The van der Waals surface area contributed by atoms with Crippen molar-refractivity contribution in [2.45, 2.75) is 122 Å². The predicted molar refractivity (Wildman–Crippen MR) is 146 cm³/mol. The van der Waals surface area contributed by atoms with Gasteiger partial charge in [0.1, 0.15) is 0 Å². The van der Waals surface area contributed by atoms with Crippen molar-refractivity contribution < 1.29 is 9.59 Å². The molecule has 0 atom stereocenters. The Morgan fingerprint density at radius 1 is 0.853 bits per heavy atom. The fourth-order valence-corrected chi connectivity index (χ4v) is 4.82. The minimum absolute atomic E-state index is 0.0717. The first-order valence-electron chi connectivity index (χ1n) is 13.6. The van der Waals surface area contributed by atoms with Gasteiger partial charge >= 0.3 is 0 Å². The maximum absolute atomic E-state index is 12.8. The molecule has 1 fully saturated rings. The summed E-state index contributed by atoms with van der Waals surface area (Å²) in [4.78, 5) is 25.1. The Morgan fingerprint density at radius 2 is 1.44 bits per heavy atom. The molecule has 1 saturated carbocycles. The Labute approximate surface area is 212 Å². The van der Waals surface area contributed by atoms with Gasteiger partial charge in [0.2, 0.25) is 5.91 Å². The largest absolute Gasteiger partial charge is 0.349 e. The lowest BCUT2D eigenvalue weighted by Gasteiger charge is -2.23. The molecule has 2 amide bonds. The number of hydrogen-bond acceptors (Lipinski definition) is 3. The number of hydrogen-bond donors (Lipinski definition) is 3. The van der Waals surface area contributed by atoms with Crippen LogP contribution < -0.4 is 16.0 Å². The van der Waals surface area contributed by atoms with E-state index in [1.54, 1.807) is 6.07 Å². The number of carbonyl (C=O) groups excluding carboxylic acids is 2. The molecule has 0 bridgehead atoms. The normalized spacial score (nSPS) is 13.9. The van der Waals surface area contributed by atoms with Gasteiger partial charge in [0, 0.05) is 12.5 Å². The van der Waals surface area contributed by atoms with Crippen LogP contribution in [-0.2, 0) is 4.79 Å². The molecule has 5 nitrogen and oxygen atoms in total. The lowest BCUT2D eigenvalue weighted by molar-refractivity contribution is -0.119. The van der Waals surface area contributed by atoms with Crippen LogP contribution in [0.5, 0.6) is 0 Å². The molecule has 1 aromatic rings. The lowest BCUT2D eigenvalue weighted by Crippen LogP contribution is -2.37. The van der Waals surface area contributed by atoms with Crippen LogP contribution in [-0.4, -0.2) is 23.0 Å². The summed E-state index contributed by atoms with van der Waals surface area (Å²) in [6.07, 6.45) is 20.0. The maximum atomic E-state index is 12.8. The Hall–Kier alpha value is -1.95. The summed E-state index contributed by atoms with van der Waals surface area (Å²) >= 11 is 5.33. The first-order valence-corrected chi connectivity index (χ1v) is 14.0. The molecular formula is C28H45N3O2S. The second-order valence-corrected chi connectivity index (χ2v) is 10.1. The number of carbonyl (C=O) groups is 2. The van der Waals surface area contributed by atoms with Gasteiger partial charge in [-0.25, -0.2) is 0 Å². The standard InChI is InChI=1S/C28H45N3O2S/c1-2-3-4-5-6-7-8-9-10-11-15-22-26(32)31-28(34)30-25-21-17-16-20-24(25)27(33)29-23-18-13-12-14-19-23/h16-17,20-21,23H,2-15,18-19,22H2,1H3,(H,29,33)(H2,30,31,32,34). The minimum Gasteiger partial charge on any atom is -0.349 e. The maximum Gasteiger partial charge on any atom is 0.253 e. The van der Waals surface area contributed by atoms with Crippen LogP contribution in [0, 0.1) is 0 Å². The average molecular weight is 488 g/mol. The van der Waals surface area contributed by atoms with E-state index in [0.29, 0.717) is 17.7 Å². The molecule has 2 rings (SSSR count). The van der Waals surface area contributed by atoms with E-state index < -0.39 is 0 Å². The summed E-state index contributed by atoms with van der Waals surface area (Å²) in [5.41, 5.74) is 1.17. The van der Waals surface area contributed by atoms with Crippen LogP contribution in [0.3, 0.4) is 0 Å². The summed E-state index contributed by atoms with van der Waals surface area (Å²) in [7, 11) is 0. The van der Waals surface area contributed by atoms with Gasteiger partial charge in [-0.15, -0.1) is 0 Å². The molecular weight excluding hydrogens is 442 g/mol. The van der Waals surface area contributed by atoms with E-state index in [-0.39, 0.29) is 23.0 Å². The molecule has 34 heavy (non-hydrogen) atoms. The average Bonchev–Trinajstić information content (AvgIpc) is 2.83. The number of thiocarbonyl (C=S) groups is 1. The van der Waals surface area contributed by atoms with Gasteiger partial charge in [0.05, 0.1) is 11.3 Å². The molecule has 1 aromatic carbocycles. The summed E-state index contributed by atoms with van der Waals surface area (Å²) in [6, 6.07) is 7.55. The smallest absolute Gasteiger partial charge is 0.253 e. The fourth-order valence-electron chi connectivity index (χ4n) is 4.59. The highest BCUT2D eigenvalue weighted by atomic mass is 32.1. The van der Waals surface area contributed by atoms with Crippen molar-refractivity contribution >= 4 is 34.8 Å². The third-order valence-corrected chi connectivity index (χ3v) is 6.82. The van der Waals surface area contributed by atoms with Crippen LogP contribution in [0.1, 0.15) is 126 Å². The summed E-state index contributed by atoms with van der Waals surface area (Å²) in [5.74, 6) is -0.164. The SMILES string of the molecule is CCCCCCCCCCCCCC(=O)NC(=S)Nc1ccccc1C(=O)NC1CCCCC1. The third kappa shape index (κ3) is 12.0. The van der Waals surface area contributed by atoms with E-state index in [4.69, 9.17) is 12.2 Å². The van der Waals surface area contributed by atoms with Gasteiger partial charge < -0.3 is 16.0 Å². The second-order valence-electron chi connectivity index (χ2n) is 9.64. The van der Waals surface area contributed by atoms with Crippen LogP contribution >= 0.6 is 12.2 Å². The number of para-hydroxylation sites is 1. The molecule has 6 heteroatoms. The topological polar surface area (TPSA) is 70.2 Å². The molecule has 0 spiro atoms. The van der Waals surface area contributed by atoms with E-state index >= 15 is 0 Å². The molecule has 3 N–H and O–H groups in total. The molecule has 1 aliphatic carbocycles. The molecule has 0 radical (unpaired) electrons. The first-order chi connectivity index (χ1) is 16.6. The van der Waals surface area contributed by atoms with Crippen molar-refractivity contribution in [1.29, 1.82) is 0 Å². The zero-order valence-corrected chi connectivity index (χ0v) is 21.9. The third-order valence-electron chi connectivity index (χ3n) is 6.62. The number of nitrogens with one attached hydrogen (secondary N) is 3. The molecule has 190 valence electrons. The van der Waals surface area contributed by atoms with Crippen LogP contribution in [0.4, 0.5) is 5.69 Å². The van der Waals surface area contributed by atoms with Crippen molar-refractivity contribution in [1.82, 2.24) is 10.6 Å². The van der Waals surface area contributed by atoms with Crippen molar-refractivity contribution in [2.24, 2.45) is 0 Å². The molecule has 0 heterocycles. The minimum atomic E-state index is -0.0925. The van der Waals surface area contributed by atoms with Crippen molar-refractivity contribution in [3.63, 3.8) is 0 Å². The van der Waals surface area contributed by atoms with Gasteiger partial charge in [-0.2, -0.15) is 0 Å². The highest BCUT2D eigenvalue weighted by molar-refractivity contribution is 7.80. The summed E-state index contributed by atoms with van der Waals surface area (Å²) in [6.45, 7) is 2.25. The molecule has 1 aliphatic rings. The Bertz CT molecular complexity index is 747. The van der Waals surface area contributed by atoms with Crippen molar-refractivity contribution in [2.75, 3.05) is 5.32 Å². The van der Waals surface area contributed by atoms with Gasteiger partial charge in [-0.3, -0.25) is 9.59 Å². The van der Waals surface area contributed by atoms with Crippen LogP contribution in [0.2, 0.25) is 0 Å². The molecule has 0 saturated heterocycles. The summed E-state index contributed by atoms with van der Waals surface area (Å²) < 4.78 is 0. The monoisotopic (exact) mass is 487 g/mol. The van der Waals surface area contributed by atoms with Crippen molar-refractivity contribution in [3.05, 3.63) is 29.8 Å². The van der Waals surface area contributed by atoms with E-state index in [1.165, 1.54) is 77.0 Å². The molecule has 0 aliphatic heterocycles. The van der Waals surface area contributed by atoms with Crippen LogP contribution in [0.25, 0.3) is 0 Å². The van der Waals surface area contributed by atoms with E-state index in [1.807, 2.05) is 18.2 Å². The number of anilines is 1. The lowest BCUT2D eigenvalue weighted by atomic mass is 9.95. The van der Waals surface area contributed by atoms with E-state index in [2.05, 4.69) is 22.9 Å². The summed E-state index contributed by atoms with van der Waals surface area (Å²) in [5, 5.41) is 9.19. The number of benzene rings is 1. The Kier molecular flexibility index (Phi) is 14.5. The zero-order chi connectivity index (χ0) is 24.4. The predicted octanol–water partition coefficient (Wildman–Crippen LogP) is 7.26. The van der Waals surface area contributed by atoms with Gasteiger partial charge in [-0.05, 0) is 43.6 Å². The van der Waals surface area contributed by atoms with Crippen molar-refractivity contribution in [3.8, 4) is 0 Å². The van der Waals surface area contributed by atoms with Gasteiger partial charge in [0.25, 0.3) is 5.91 Å². The molecule has 0 unspecified atom stereocenters. The van der Waals surface area contributed by atoms with Crippen LogP contribution in [0.15, 0.2) is 24.3 Å². The fraction of sp³-hybridized carbons (Fsp3) is 0.679. The number of unbranched alkanes of at least 4 members (excludes halogenated alkanes) is 10. The van der Waals surface area contributed by atoms with E-state index in [0.717, 1.165) is 25.7 Å². The number of rotatable bonds is 15. The van der Waals surface area contributed by atoms with Gasteiger partial charge in [-0.1, -0.05) is 103 Å². The Morgan fingerprint density at radius 3 is 2.09 bits per heavy atom. The van der Waals surface area contributed by atoms with Gasteiger partial charge in [0.15, 0.2) is 5.11 Å². The number of amides is 2. The quantitative estimate of drug-likeness (QED) is 0.180. The Balaban J connectivity index is 1.61. The highest BCUT2D eigenvalue weighted by Gasteiger charge is 2.19. The highest BCUT2D eigenvalue weighted by Crippen LogP contribution is 2.20. The molecule has 0 aromatic heterocycles. The first kappa shape index (κ1) is 28.3. The van der Waals surface area contributed by atoms with E-state index in [9.17, 15) is 9.59 Å². The second kappa shape index (κ2) is 17.5.